The fraction of sp³-hybridized carbons (Fsp3) is 0.600. The molecule has 0 amide bonds. The zero-order valence-corrected chi connectivity index (χ0v) is 14.7. The summed E-state index contributed by atoms with van der Waals surface area (Å²) < 4.78 is 26.7. The average molecular weight is 357 g/mol. The lowest BCUT2D eigenvalue weighted by Crippen LogP contribution is -2.35. The third kappa shape index (κ3) is 4.03. The first-order chi connectivity index (χ1) is 11.2. The van der Waals surface area contributed by atoms with Gasteiger partial charge in [-0.05, 0) is 31.9 Å². The number of nitro groups is 1. The number of anilines is 1. The lowest BCUT2D eigenvalue weighted by molar-refractivity contribution is -0.384. The summed E-state index contributed by atoms with van der Waals surface area (Å²) in [5.74, 6) is 0. The minimum absolute atomic E-state index is 0.0645. The van der Waals surface area contributed by atoms with Crippen LogP contribution in [-0.4, -0.2) is 55.5 Å². The zero-order chi connectivity index (χ0) is 17.9. The van der Waals surface area contributed by atoms with E-state index >= 15 is 0 Å². The van der Waals surface area contributed by atoms with Gasteiger partial charge in [-0.2, -0.15) is 4.31 Å². The van der Waals surface area contributed by atoms with Crippen molar-refractivity contribution in [3.05, 3.63) is 28.3 Å². The van der Waals surface area contributed by atoms with Crippen molar-refractivity contribution in [3.63, 3.8) is 0 Å². The summed E-state index contributed by atoms with van der Waals surface area (Å²) >= 11 is 0. The van der Waals surface area contributed by atoms with Gasteiger partial charge in [0, 0.05) is 32.7 Å². The number of hydrogen-bond acceptors (Lipinski definition) is 6. The van der Waals surface area contributed by atoms with E-state index in [9.17, 15) is 23.6 Å². The first-order valence-electron chi connectivity index (χ1n) is 7.91. The Bertz CT molecular complexity index is 699. The highest BCUT2D eigenvalue weighted by Crippen LogP contribution is 2.32. The molecule has 0 saturated carbocycles. The number of hydrogen-bond donors (Lipinski definition) is 1. The second kappa shape index (κ2) is 7.45. The predicted octanol–water partition coefficient (Wildman–Crippen LogP) is 1.59. The van der Waals surface area contributed by atoms with Crippen LogP contribution >= 0.6 is 0 Å². The van der Waals surface area contributed by atoms with Gasteiger partial charge < -0.3 is 10.0 Å². The van der Waals surface area contributed by atoms with E-state index in [1.165, 1.54) is 16.4 Å². The van der Waals surface area contributed by atoms with E-state index < -0.39 is 21.1 Å². The van der Waals surface area contributed by atoms with E-state index in [0.29, 0.717) is 13.1 Å². The predicted molar refractivity (Wildman–Crippen MR) is 90.7 cm³/mol. The fourth-order valence-corrected chi connectivity index (χ4v) is 4.42. The van der Waals surface area contributed by atoms with Gasteiger partial charge in [0.2, 0.25) is 10.0 Å². The lowest BCUT2D eigenvalue weighted by Gasteiger charge is -2.26. The van der Waals surface area contributed by atoms with E-state index in [-0.39, 0.29) is 22.8 Å². The Morgan fingerprint density at radius 1 is 1.33 bits per heavy atom. The maximum Gasteiger partial charge on any atom is 0.293 e. The molecule has 1 aromatic carbocycles. The zero-order valence-electron chi connectivity index (χ0n) is 13.9. The molecule has 1 aliphatic rings. The second-order valence-corrected chi connectivity index (χ2v) is 8.04. The Morgan fingerprint density at radius 3 is 2.50 bits per heavy atom. The smallest absolute Gasteiger partial charge is 0.293 e. The van der Waals surface area contributed by atoms with Gasteiger partial charge in [-0.1, -0.05) is 6.42 Å². The average Bonchev–Trinajstić information content (AvgIpc) is 2.54. The van der Waals surface area contributed by atoms with E-state index in [1.807, 2.05) is 0 Å². The third-order valence-corrected chi connectivity index (χ3v) is 5.94. The molecule has 0 radical (unpaired) electrons. The molecule has 0 aromatic heterocycles. The van der Waals surface area contributed by atoms with Crippen LogP contribution in [0, 0.1) is 10.1 Å². The van der Waals surface area contributed by atoms with Crippen molar-refractivity contribution in [2.75, 3.05) is 31.6 Å². The molecule has 1 N–H and O–H groups in total. The molecule has 9 heteroatoms. The first-order valence-corrected chi connectivity index (χ1v) is 9.35. The third-order valence-electron chi connectivity index (χ3n) is 4.05. The van der Waals surface area contributed by atoms with Crippen LogP contribution in [0.1, 0.15) is 26.2 Å². The summed E-state index contributed by atoms with van der Waals surface area (Å²) in [7, 11) is -2.10. The number of piperidine rings is 1. The van der Waals surface area contributed by atoms with E-state index in [1.54, 1.807) is 18.9 Å². The summed E-state index contributed by atoms with van der Waals surface area (Å²) in [6.07, 6.45) is 1.94. The van der Waals surface area contributed by atoms with Crippen molar-refractivity contribution in [2.24, 2.45) is 0 Å². The maximum atomic E-state index is 12.7. The van der Waals surface area contributed by atoms with Crippen LogP contribution in [0.2, 0.25) is 0 Å². The number of benzene rings is 1. The van der Waals surface area contributed by atoms with Crippen molar-refractivity contribution in [2.45, 2.75) is 37.2 Å². The highest BCUT2D eigenvalue weighted by atomic mass is 32.2. The van der Waals surface area contributed by atoms with Crippen molar-refractivity contribution in [3.8, 4) is 0 Å². The molecular weight excluding hydrogens is 334 g/mol. The van der Waals surface area contributed by atoms with Gasteiger partial charge in [0.15, 0.2) is 0 Å². The Balaban J connectivity index is 2.39. The molecule has 1 heterocycles. The summed E-state index contributed by atoms with van der Waals surface area (Å²) in [4.78, 5) is 12.3. The maximum absolute atomic E-state index is 12.7. The van der Waals surface area contributed by atoms with Crippen LogP contribution in [0.5, 0.6) is 0 Å². The van der Waals surface area contributed by atoms with Crippen LogP contribution in [0.15, 0.2) is 23.1 Å². The molecular formula is C15H23N3O5S. The number of likely N-dealkylation sites (N-methyl/N-ethyl adjacent to an activating group) is 1. The number of aliphatic hydroxyl groups is 1. The molecule has 1 unspecified atom stereocenters. The summed E-state index contributed by atoms with van der Waals surface area (Å²) in [6.45, 7) is 2.68. The molecule has 1 aliphatic heterocycles. The van der Waals surface area contributed by atoms with Gasteiger partial charge in [0.05, 0.1) is 15.9 Å². The molecule has 1 fully saturated rings. The summed E-state index contributed by atoms with van der Waals surface area (Å²) in [6, 6.07) is 3.93. The largest absolute Gasteiger partial charge is 0.392 e. The van der Waals surface area contributed by atoms with Crippen molar-refractivity contribution < 1.29 is 18.4 Å². The minimum Gasteiger partial charge on any atom is -0.392 e. The molecule has 134 valence electrons. The molecule has 1 aromatic rings. The van der Waals surface area contributed by atoms with Gasteiger partial charge >= 0.3 is 0 Å². The Kier molecular flexibility index (Phi) is 5.79. The van der Waals surface area contributed by atoms with Gasteiger partial charge in [0.1, 0.15) is 5.69 Å². The Morgan fingerprint density at radius 2 is 1.96 bits per heavy atom. The number of sulfonamides is 1. The molecule has 0 bridgehead atoms. The highest BCUT2D eigenvalue weighted by Gasteiger charge is 2.29. The Labute approximate surface area is 141 Å². The lowest BCUT2D eigenvalue weighted by atomic mass is 10.2. The van der Waals surface area contributed by atoms with Crippen LogP contribution in [0.25, 0.3) is 0 Å². The first kappa shape index (κ1) is 18.6. The van der Waals surface area contributed by atoms with Crippen LogP contribution < -0.4 is 4.90 Å². The van der Waals surface area contributed by atoms with Crippen LogP contribution in [-0.2, 0) is 10.0 Å². The Hall–Kier alpha value is -1.71. The topological polar surface area (TPSA) is 104 Å². The second-order valence-electron chi connectivity index (χ2n) is 6.10. The standard InChI is InChI=1S/C15H23N3O5S/c1-12(19)11-16(2)14-7-6-13(10-15(14)18(20)21)24(22,23)17-8-4-3-5-9-17/h6-7,10,12,19H,3-5,8-9,11H2,1-2H3. The SMILES string of the molecule is CC(O)CN(C)c1ccc(S(=O)(=O)N2CCCCC2)cc1[N+](=O)[O-]. The summed E-state index contributed by atoms with van der Waals surface area (Å²) in [5.41, 5.74) is -0.00488. The molecule has 1 atom stereocenters. The van der Waals surface area contributed by atoms with E-state index in [2.05, 4.69) is 0 Å². The molecule has 2 rings (SSSR count). The van der Waals surface area contributed by atoms with Crippen LogP contribution in [0.4, 0.5) is 11.4 Å². The van der Waals surface area contributed by atoms with Crippen LogP contribution in [0.3, 0.4) is 0 Å². The highest BCUT2D eigenvalue weighted by molar-refractivity contribution is 7.89. The van der Waals surface area contributed by atoms with Gasteiger partial charge in [0.25, 0.3) is 5.69 Å². The van der Waals surface area contributed by atoms with Crippen molar-refractivity contribution >= 4 is 21.4 Å². The monoisotopic (exact) mass is 357 g/mol. The molecule has 8 nitrogen and oxygen atoms in total. The van der Waals surface area contributed by atoms with Crippen molar-refractivity contribution in [1.29, 1.82) is 0 Å². The number of rotatable bonds is 6. The number of nitrogens with zero attached hydrogens (tertiary/aromatic N) is 3. The number of nitro benzene ring substituents is 1. The fourth-order valence-electron chi connectivity index (χ4n) is 2.88. The quantitative estimate of drug-likeness (QED) is 0.612. The van der Waals surface area contributed by atoms with Gasteiger partial charge in [-0.15, -0.1) is 0 Å². The number of aliphatic hydroxyl groups excluding tert-OH is 1. The van der Waals surface area contributed by atoms with E-state index in [0.717, 1.165) is 25.3 Å². The molecule has 0 spiro atoms. The molecule has 1 saturated heterocycles. The van der Waals surface area contributed by atoms with Gasteiger partial charge in [-0.25, -0.2) is 8.42 Å². The normalized spacial score (nSPS) is 17.5. The molecule has 24 heavy (non-hydrogen) atoms. The molecule has 0 aliphatic carbocycles. The summed E-state index contributed by atoms with van der Waals surface area (Å²) in [5, 5.41) is 20.8. The van der Waals surface area contributed by atoms with Gasteiger partial charge in [-0.3, -0.25) is 10.1 Å². The minimum atomic E-state index is -3.72. The van der Waals surface area contributed by atoms with E-state index in [4.69, 9.17) is 0 Å². The van der Waals surface area contributed by atoms with Crippen molar-refractivity contribution in [1.82, 2.24) is 4.31 Å².